The summed E-state index contributed by atoms with van der Waals surface area (Å²) in [6, 6.07) is 4.29. The summed E-state index contributed by atoms with van der Waals surface area (Å²) in [6.45, 7) is 1.73. The van der Waals surface area contributed by atoms with Gasteiger partial charge in [0.15, 0.2) is 11.9 Å². The van der Waals surface area contributed by atoms with Gasteiger partial charge >= 0.3 is 5.97 Å². The minimum atomic E-state index is -1.59. The summed E-state index contributed by atoms with van der Waals surface area (Å²) in [7, 11) is 0. The second-order valence-electron chi connectivity index (χ2n) is 3.29. The number of hydrogen-bond donors (Lipinski definition) is 3. The summed E-state index contributed by atoms with van der Waals surface area (Å²) < 4.78 is 0. The van der Waals surface area contributed by atoms with Gasteiger partial charge in [0, 0.05) is 16.9 Å². The van der Waals surface area contributed by atoms with Crippen molar-refractivity contribution in [3.05, 3.63) is 29.3 Å². The molecule has 1 unspecified atom stereocenters. The maximum atomic E-state index is 11.4. The van der Waals surface area contributed by atoms with Gasteiger partial charge in [-0.25, -0.2) is 4.79 Å². The molecule has 16 heavy (non-hydrogen) atoms. The van der Waals surface area contributed by atoms with Crippen LogP contribution in [0.3, 0.4) is 0 Å². The Morgan fingerprint density at radius 2 is 2.06 bits per heavy atom. The number of benzene rings is 1. The second-order valence-corrected chi connectivity index (χ2v) is 3.78. The van der Waals surface area contributed by atoms with E-state index in [4.69, 9.17) is 5.11 Å². The molecular weight excluding hydrogens is 228 g/mol. The van der Waals surface area contributed by atoms with E-state index >= 15 is 0 Å². The predicted molar refractivity (Wildman–Crippen MR) is 60.9 cm³/mol. The molecule has 0 amide bonds. The van der Waals surface area contributed by atoms with Gasteiger partial charge in [-0.3, -0.25) is 4.79 Å². The minimum absolute atomic E-state index is 0.0682. The monoisotopic (exact) mass is 240 g/mol. The predicted octanol–water partition coefficient (Wildman–Crippen LogP) is 1.69. The molecule has 1 aromatic rings. The van der Waals surface area contributed by atoms with E-state index in [1.165, 1.54) is 18.2 Å². The van der Waals surface area contributed by atoms with Crippen LogP contribution in [0.15, 0.2) is 23.1 Å². The Morgan fingerprint density at radius 1 is 1.44 bits per heavy atom. The summed E-state index contributed by atoms with van der Waals surface area (Å²) in [5, 5.41) is 17.9. The number of carboxylic acids is 1. The van der Waals surface area contributed by atoms with Crippen molar-refractivity contribution in [1.29, 1.82) is 0 Å². The fraction of sp³-hybridized carbons (Fsp3) is 0.273. The van der Waals surface area contributed by atoms with Crippen LogP contribution in [-0.4, -0.2) is 22.0 Å². The molecule has 86 valence electrons. The summed E-state index contributed by atoms with van der Waals surface area (Å²) in [5.41, 5.74) is 0.650. The largest absolute Gasteiger partial charge is 0.479 e. The molecule has 0 saturated carbocycles. The van der Waals surface area contributed by atoms with Crippen molar-refractivity contribution in [2.75, 3.05) is 0 Å². The maximum absolute atomic E-state index is 11.4. The molecule has 1 aromatic carbocycles. The van der Waals surface area contributed by atoms with Crippen LogP contribution in [0.4, 0.5) is 0 Å². The highest BCUT2D eigenvalue weighted by Gasteiger charge is 2.17. The van der Waals surface area contributed by atoms with Gasteiger partial charge in [0.25, 0.3) is 0 Å². The lowest BCUT2D eigenvalue weighted by Crippen LogP contribution is -2.11. The lowest BCUT2D eigenvalue weighted by atomic mass is 10.0. The molecule has 2 N–H and O–H groups in total. The number of hydrogen-bond acceptors (Lipinski definition) is 4. The number of rotatable bonds is 4. The zero-order valence-electron chi connectivity index (χ0n) is 8.67. The fourth-order valence-electron chi connectivity index (χ4n) is 1.29. The van der Waals surface area contributed by atoms with Crippen LogP contribution in [0.1, 0.15) is 35.4 Å². The molecule has 0 spiro atoms. The van der Waals surface area contributed by atoms with Gasteiger partial charge in [0.05, 0.1) is 0 Å². The highest BCUT2D eigenvalue weighted by molar-refractivity contribution is 7.80. The maximum Gasteiger partial charge on any atom is 0.337 e. The Balaban J connectivity index is 3.08. The first-order chi connectivity index (χ1) is 7.47. The number of aliphatic hydroxyl groups is 1. The number of Topliss-reactive ketones (excluding diaryl/α,β-unsaturated/α-hetero) is 1. The third kappa shape index (κ3) is 2.62. The first-order valence-corrected chi connectivity index (χ1v) is 5.19. The topological polar surface area (TPSA) is 74.6 Å². The number of ketones is 1. The number of thiol groups is 1. The smallest absolute Gasteiger partial charge is 0.337 e. The van der Waals surface area contributed by atoms with Crippen LogP contribution in [0, 0.1) is 0 Å². The Kier molecular flexibility index (Phi) is 4.09. The summed E-state index contributed by atoms with van der Waals surface area (Å²) in [5.74, 6) is -1.40. The zero-order chi connectivity index (χ0) is 12.3. The van der Waals surface area contributed by atoms with Crippen molar-refractivity contribution in [3.8, 4) is 0 Å². The second kappa shape index (κ2) is 5.14. The van der Waals surface area contributed by atoms with E-state index in [1.54, 1.807) is 6.92 Å². The quantitative estimate of drug-likeness (QED) is 0.553. The van der Waals surface area contributed by atoms with Gasteiger partial charge < -0.3 is 10.2 Å². The Bertz CT molecular complexity index is 428. The zero-order valence-corrected chi connectivity index (χ0v) is 9.57. The van der Waals surface area contributed by atoms with Crippen molar-refractivity contribution < 1.29 is 19.8 Å². The Labute approximate surface area is 98.3 Å². The van der Waals surface area contributed by atoms with Gasteiger partial charge in [-0.15, -0.1) is 12.6 Å². The van der Waals surface area contributed by atoms with E-state index in [9.17, 15) is 14.7 Å². The van der Waals surface area contributed by atoms with E-state index in [2.05, 4.69) is 12.6 Å². The molecule has 0 radical (unpaired) electrons. The number of aliphatic carboxylic acids is 1. The SMILES string of the molecule is CCC(=O)c1ccc(C(O)C(=O)O)cc1S. The molecule has 0 aliphatic heterocycles. The van der Waals surface area contributed by atoms with Crippen molar-refractivity contribution in [3.63, 3.8) is 0 Å². The summed E-state index contributed by atoms with van der Waals surface area (Å²) in [6.07, 6.45) is -1.23. The highest BCUT2D eigenvalue weighted by Crippen LogP contribution is 2.22. The van der Waals surface area contributed by atoms with Gasteiger partial charge in [-0.05, 0) is 17.7 Å². The fourth-order valence-corrected chi connectivity index (χ4v) is 1.64. The van der Waals surface area contributed by atoms with Crippen LogP contribution >= 0.6 is 12.6 Å². The molecule has 0 aliphatic rings. The number of aliphatic hydroxyl groups excluding tert-OH is 1. The molecule has 1 atom stereocenters. The molecule has 0 heterocycles. The normalized spacial score (nSPS) is 12.2. The van der Waals surface area contributed by atoms with Gasteiger partial charge in [-0.2, -0.15) is 0 Å². The molecule has 5 heteroatoms. The number of carboxylic acid groups (broad SMARTS) is 1. The molecule has 1 rings (SSSR count). The van der Waals surface area contributed by atoms with E-state index in [-0.39, 0.29) is 11.3 Å². The van der Waals surface area contributed by atoms with Crippen LogP contribution in [-0.2, 0) is 4.79 Å². The molecule has 0 bridgehead atoms. The number of carbonyl (C=O) groups is 2. The molecule has 0 aliphatic carbocycles. The van der Waals surface area contributed by atoms with Crippen LogP contribution in [0.25, 0.3) is 0 Å². The van der Waals surface area contributed by atoms with E-state index < -0.39 is 12.1 Å². The van der Waals surface area contributed by atoms with Gasteiger partial charge in [-0.1, -0.05) is 13.0 Å². The lowest BCUT2D eigenvalue weighted by Gasteiger charge is -2.08. The summed E-state index contributed by atoms with van der Waals surface area (Å²) >= 11 is 4.10. The van der Waals surface area contributed by atoms with E-state index in [0.29, 0.717) is 16.9 Å². The first-order valence-electron chi connectivity index (χ1n) is 4.74. The van der Waals surface area contributed by atoms with Crippen LogP contribution in [0.2, 0.25) is 0 Å². The van der Waals surface area contributed by atoms with E-state index in [1.807, 2.05) is 0 Å². The third-order valence-electron chi connectivity index (χ3n) is 2.19. The molecular formula is C11H12O4S. The molecule has 4 nitrogen and oxygen atoms in total. The van der Waals surface area contributed by atoms with Crippen LogP contribution in [0.5, 0.6) is 0 Å². The van der Waals surface area contributed by atoms with Crippen molar-refractivity contribution in [2.24, 2.45) is 0 Å². The van der Waals surface area contributed by atoms with Gasteiger partial charge in [0.1, 0.15) is 0 Å². The molecule has 0 fully saturated rings. The highest BCUT2D eigenvalue weighted by atomic mass is 32.1. The molecule has 0 aromatic heterocycles. The van der Waals surface area contributed by atoms with E-state index in [0.717, 1.165) is 0 Å². The van der Waals surface area contributed by atoms with Crippen molar-refractivity contribution >= 4 is 24.4 Å². The summed E-state index contributed by atoms with van der Waals surface area (Å²) in [4.78, 5) is 22.3. The minimum Gasteiger partial charge on any atom is -0.479 e. The standard InChI is InChI=1S/C11H12O4S/c1-2-8(12)7-4-3-6(5-9(7)16)10(13)11(14)15/h3-5,10,13,16H,2H2,1H3,(H,14,15). The third-order valence-corrected chi connectivity index (χ3v) is 2.56. The van der Waals surface area contributed by atoms with Crippen LogP contribution < -0.4 is 0 Å². The first kappa shape index (κ1) is 12.7. The average Bonchev–Trinajstić information content (AvgIpc) is 2.26. The van der Waals surface area contributed by atoms with Crippen molar-refractivity contribution in [1.82, 2.24) is 0 Å². The average molecular weight is 240 g/mol. The Morgan fingerprint density at radius 3 is 2.50 bits per heavy atom. The van der Waals surface area contributed by atoms with Crippen molar-refractivity contribution in [2.45, 2.75) is 24.3 Å². The number of carbonyl (C=O) groups excluding carboxylic acids is 1. The lowest BCUT2D eigenvalue weighted by molar-refractivity contribution is -0.146. The molecule has 0 saturated heterocycles. The Hall–Kier alpha value is -1.33. The van der Waals surface area contributed by atoms with Gasteiger partial charge in [0.2, 0.25) is 0 Å².